The van der Waals surface area contributed by atoms with Crippen LogP contribution < -0.4 is 10.9 Å². The number of nitrogens with zero attached hydrogens (tertiary/aromatic N) is 4. The molecule has 0 unspecified atom stereocenters. The molecule has 0 aliphatic carbocycles. The van der Waals surface area contributed by atoms with Crippen molar-refractivity contribution in [1.29, 1.82) is 0 Å². The summed E-state index contributed by atoms with van der Waals surface area (Å²) in [5.74, 6) is 0.389. The maximum atomic E-state index is 12.0. The molecule has 3 aromatic rings. The zero-order valence-corrected chi connectivity index (χ0v) is 12.8. The van der Waals surface area contributed by atoms with Crippen LogP contribution in [0.2, 0.25) is 0 Å². The van der Waals surface area contributed by atoms with Crippen LogP contribution in [-0.2, 0) is 0 Å². The second-order valence-electron chi connectivity index (χ2n) is 5.29. The van der Waals surface area contributed by atoms with Crippen molar-refractivity contribution in [3.05, 3.63) is 28.3 Å². The number of aromatic amines is 1. The minimum atomic E-state index is -0.522. The van der Waals surface area contributed by atoms with Crippen molar-refractivity contribution in [2.75, 3.05) is 13.1 Å². The third-order valence-corrected chi connectivity index (χ3v) is 3.94. The monoisotopic (exact) mass is 338 g/mol. The van der Waals surface area contributed by atoms with Gasteiger partial charge < -0.3 is 19.8 Å². The summed E-state index contributed by atoms with van der Waals surface area (Å²) in [6.07, 6.45) is 2.93. The number of fused-ring (bicyclic) bond motifs is 1. The van der Waals surface area contributed by atoms with Gasteiger partial charge in [-0.25, -0.2) is 4.52 Å². The summed E-state index contributed by atoms with van der Waals surface area (Å²) < 4.78 is 6.71. The lowest BCUT2D eigenvalue weighted by Crippen LogP contribution is -2.28. The summed E-state index contributed by atoms with van der Waals surface area (Å²) in [5.41, 5.74) is 1.65. The molecule has 3 aromatic heterocycles. The fraction of sp³-hybridized carbons (Fsp3) is 0.385. The van der Waals surface area contributed by atoms with Gasteiger partial charge in [-0.3, -0.25) is 4.79 Å². The van der Waals surface area contributed by atoms with Gasteiger partial charge in [-0.15, -0.1) is 17.5 Å². The molecule has 4 rings (SSSR count). The van der Waals surface area contributed by atoms with Gasteiger partial charge in [0.2, 0.25) is 0 Å². The van der Waals surface area contributed by atoms with Crippen molar-refractivity contribution in [3.8, 4) is 17.5 Å². The molecular weight excluding hydrogens is 324 g/mol. The topological polar surface area (TPSA) is 121 Å². The van der Waals surface area contributed by atoms with Crippen molar-refractivity contribution in [2.24, 2.45) is 0 Å². The quantitative estimate of drug-likeness (QED) is 0.627. The Balaban J connectivity index is 0.00000156. The van der Waals surface area contributed by atoms with Gasteiger partial charge in [0.25, 0.3) is 11.4 Å². The highest BCUT2D eigenvalue weighted by Crippen LogP contribution is 2.28. The molecule has 1 aliphatic heterocycles. The number of aromatic hydroxyl groups is 1. The Bertz CT molecular complexity index is 879. The van der Waals surface area contributed by atoms with Crippen molar-refractivity contribution >= 4 is 18.1 Å². The molecule has 0 radical (unpaired) electrons. The van der Waals surface area contributed by atoms with Gasteiger partial charge in [0, 0.05) is 12.0 Å². The number of halogens is 1. The highest BCUT2D eigenvalue weighted by molar-refractivity contribution is 5.85. The Morgan fingerprint density at radius 3 is 2.78 bits per heavy atom. The summed E-state index contributed by atoms with van der Waals surface area (Å²) in [7, 11) is 0. The Morgan fingerprint density at radius 1 is 1.30 bits per heavy atom. The minimum absolute atomic E-state index is 0. The normalized spacial score (nSPS) is 15.7. The molecule has 1 fully saturated rings. The highest BCUT2D eigenvalue weighted by Gasteiger charge is 2.22. The van der Waals surface area contributed by atoms with E-state index in [1.54, 1.807) is 16.8 Å². The van der Waals surface area contributed by atoms with Gasteiger partial charge in [0.15, 0.2) is 0 Å². The molecule has 10 heteroatoms. The van der Waals surface area contributed by atoms with E-state index in [2.05, 4.69) is 25.6 Å². The van der Waals surface area contributed by atoms with Crippen LogP contribution in [0.25, 0.3) is 17.1 Å². The van der Waals surface area contributed by atoms with Gasteiger partial charge in [-0.1, -0.05) is 5.10 Å². The predicted molar refractivity (Wildman–Crippen MR) is 82.9 cm³/mol. The van der Waals surface area contributed by atoms with E-state index in [1.165, 1.54) is 0 Å². The standard InChI is InChI=1S/C13H14N6O3.ClH/c20-10-5-9(7-1-3-14-4-2-7)19-11(16-10)8(6-15-19)12-17-18-13(21)22-12;/h5-7,14H,1-4H2,(H,16,20)(H,18,21);1H. The van der Waals surface area contributed by atoms with Crippen LogP contribution in [0, 0.1) is 0 Å². The van der Waals surface area contributed by atoms with Crippen molar-refractivity contribution in [1.82, 2.24) is 30.1 Å². The van der Waals surface area contributed by atoms with E-state index in [1.807, 2.05) is 0 Å². The van der Waals surface area contributed by atoms with Gasteiger partial charge in [-0.2, -0.15) is 5.10 Å². The Hall–Kier alpha value is -2.39. The molecule has 0 spiro atoms. The van der Waals surface area contributed by atoms with Crippen LogP contribution >= 0.6 is 12.4 Å². The summed E-state index contributed by atoms with van der Waals surface area (Å²) in [6.45, 7) is 1.84. The fourth-order valence-corrected chi connectivity index (χ4v) is 2.90. The molecule has 1 saturated heterocycles. The molecule has 122 valence electrons. The number of hydrogen-bond donors (Lipinski definition) is 3. The highest BCUT2D eigenvalue weighted by atomic mass is 35.5. The average Bonchev–Trinajstić information content (AvgIpc) is 3.13. The summed E-state index contributed by atoms with van der Waals surface area (Å²) >= 11 is 0. The Kier molecular flexibility index (Phi) is 4.05. The lowest BCUT2D eigenvalue weighted by molar-refractivity contribution is 0.320. The summed E-state index contributed by atoms with van der Waals surface area (Å²) in [6, 6.07) is 1.59. The van der Waals surface area contributed by atoms with E-state index in [9.17, 15) is 9.90 Å². The van der Waals surface area contributed by atoms with Crippen LogP contribution in [-0.4, -0.2) is 43.0 Å². The van der Waals surface area contributed by atoms with Crippen LogP contribution in [0.3, 0.4) is 0 Å². The smallest absolute Gasteiger partial charge is 0.412 e. The summed E-state index contributed by atoms with van der Waals surface area (Å²) in [4.78, 5) is 14.8. The van der Waals surface area contributed by atoms with Gasteiger partial charge >= 0.3 is 6.08 Å². The molecule has 0 amide bonds. The molecule has 23 heavy (non-hydrogen) atoms. The predicted octanol–water partition coefficient (Wildman–Crippen LogP) is 0.667. The first kappa shape index (κ1) is 15.5. The fourth-order valence-electron chi connectivity index (χ4n) is 2.90. The third kappa shape index (κ3) is 2.68. The molecule has 1 aliphatic rings. The van der Waals surface area contributed by atoms with Crippen molar-refractivity contribution in [3.63, 3.8) is 0 Å². The molecule has 4 heterocycles. The molecule has 0 aromatic carbocycles. The van der Waals surface area contributed by atoms with Crippen LogP contribution in [0.4, 0.5) is 0 Å². The Morgan fingerprint density at radius 2 is 2.09 bits per heavy atom. The lowest BCUT2D eigenvalue weighted by atomic mass is 9.94. The number of aromatic nitrogens is 5. The lowest BCUT2D eigenvalue weighted by Gasteiger charge is -2.23. The Labute approximate surface area is 136 Å². The minimum Gasteiger partial charge on any atom is -0.465 e. The average molecular weight is 339 g/mol. The van der Waals surface area contributed by atoms with E-state index >= 15 is 0 Å². The zero-order valence-electron chi connectivity index (χ0n) is 12.0. The van der Waals surface area contributed by atoms with Crippen LogP contribution in [0.1, 0.15) is 24.5 Å². The maximum absolute atomic E-state index is 12.0. The van der Waals surface area contributed by atoms with E-state index in [0.29, 0.717) is 11.2 Å². The van der Waals surface area contributed by atoms with E-state index < -0.39 is 6.08 Å². The van der Waals surface area contributed by atoms with Crippen LogP contribution in [0.5, 0.6) is 6.08 Å². The number of H-pyrrole nitrogens is 1. The largest absolute Gasteiger partial charge is 0.465 e. The zero-order chi connectivity index (χ0) is 15.1. The molecule has 0 saturated carbocycles. The molecular formula is C13H15ClN6O3. The molecule has 0 bridgehead atoms. The van der Waals surface area contributed by atoms with Crippen molar-refractivity contribution in [2.45, 2.75) is 18.8 Å². The first-order valence-electron chi connectivity index (χ1n) is 7.07. The van der Waals surface area contributed by atoms with Crippen LogP contribution in [0.15, 0.2) is 21.5 Å². The van der Waals surface area contributed by atoms with Gasteiger partial charge in [0.05, 0.1) is 11.9 Å². The summed E-state index contributed by atoms with van der Waals surface area (Å²) in [5, 5.41) is 24.0. The number of piperidine rings is 1. The first-order valence-corrected chi connectivity index (χ1v) is 7.07. The SMILES string of the molecule is Cl.O=c1cc(C2CCNCC2)n2ncc(-c3nnc(O)o3)c2[nH]1. The van der Waals surface area contributed by atoms with E-state index in [0.717, 1.165) is 31.6 Å². The molecule has 3 N–H and O–H groups in total. The van der Waals surface area contributed by atoms with E-state index in [4.69, 9.17) is 4.42 Å². The molecule has 9 nitrogen and oxygen atoms in total. The number of nitrogens with one attached hydrogen (secondary N) is 2. The number of rotatable bonds is 2. The second kappa shape index (κ2) is 6.01. The van der Waals surface area contributed by atoms with Gasteiger partial charge in [-0.05, 0) is 25.9 Å². The second-order valence-corrected chi connectivity index (χ2v) is 5.29. The first-order chi connectivity index (χ1) is 10.7. The third-order valence-electron chi connectivity index (χ3n) is 3.94. The molecule has 0 atom stereocenters. The maximum Gasteiger partial charge on any atom is 0.412 e. The van der Waals surface area contributed by atoms with Gasteiger partial charge in [0.1, 0.15) is 11.2 Å². The van der Waals surface area contributed by atoms with E-state index in [-0.39, 0.29) is 29.8 Å². The van der Waals surface area contributed by atoms with Crippen molar-refractivity contribution < 1.29 is 9.52 Å². The number of hydrogen-bond acceptors (Lipinski definition) is 7.